The minimum absolute atomic E-state index is 0.240. The monoisotopic (exact) mass is 194 g/mol. The fourth-order valence-electron chi connectivity index (χ4n) is 0.948. The van der Waals surface area contributed by atoms with Crippen LogP contribution in [0, 0.1) is 0 Å². The summed E-state index contributed by atoms with van der Waals surface area (Å²) in [5.74, 6) is 0.240. The summed E-state index contributed by atoms with van der Waals surface area (Å²) >= 11 is 0. The Morgan fingerprint density at radius 2 is 1.92 bits per heavy atom. The highest BCUT2D eigenvalue weighted by Crippen LogP contribution is 2.04. The molecule has 0 radical (unpaired) electrons. The van der Waals surface area contributed by atoms with Crippen LogP contribution in [0.2, 0.25) is 0 Å². The Bertz CT molecular complexity index is 196. The van der Waals surface area contributed by atoms with Crippen LogP contribution >= 0.6 is 0 Å². The first-order valence-electron chi connectivity index (χ1n) is 4.31. The van der Waals surface area contributed by atoms with Gasteiger partial charge in [0.05, 0.1) is 6.10 Å². The van der Waals surface area contributed by atoms with Gasteiger partial charge in [0.2, 0.25) is 0 Å². The topological polar surface area (TPSA) is 54.4 Å². The van der Waals surface area contributed by atoms with Gasteiger partial charge in [0.1, 0.15) is 9.84 Å². The van der Waals surface area contributed by atoms with E-state index in [0.29, 0.717) is 12.8 Å². The van der Waals surface area contributed by atoms with Crippen LogP contribution in [0.15, 0.2) is 0 Å². The molecule has 1 unspecified atom stereocenters. The second kappa shape index (κ2) is 5.54. The summed E-state index contributed by atoms with van der Waals surface area (Å²) in [5, 5.41) is 9.14. The molecule has 4 heteroatoms. The van der Waals surface area contributed by atoms with Crippen LogP contribution in [0.1, 0.15) is 32.6 Å². The van der Waals surface area contributed by atoms with Crippen molar-refractivity contribution in [1.29, 1.82) is 0 Å². The van der Waals surface area contributed by atoms with Crippen LogP contribution in [-0.4, -0.2) is 31.6 Å². The van der Waals surface area contributed by atoms with Crippen molar-refractivity contribution in [2.24, 2.45) is 0 Å². The summed E-state index contributed by atoms with van der Waals surface area (Å²) in [5.41, 5.74) is 0. The summed E-state index contributed by atoms with van der Waals surface area (Å²) in [6.45, 7) is 1.92. The van der Waals surface area contributed by atoms with Gasteiger partial charge in [0, 0.05) is 12.0 Å². The molecular formula is C8H18O3S. The zero-order chi connectivity index (χ0) is 9.61. The van der Waals surface area contributed by atoms with E-state index in [1.165, 1.54) is 6.26 Å². The average molecular weight is 194 g/mol. The lowest BCUT2D eigenvalue weighted by Gasteiger charge is -2.05. The van der Waals surface area contributed by atoms with E-state index in [9.17, 15) is 8.42 Å². The number of aliphatic hydroxyl groups excluding tert-OH is 1. The van der Waals surface area contributed by atoms with Crippen molar-refractivity contribution in [2.45, 2.75) is 38.7 Å². The van der Waals surface area contributed by atoms with Crippen molar-refractivity contribution < 1.29 is 13.5 Å². The molecule has 0 saturated carbocycles. The van der Waals surface area contributed by atoms with Crippen molar-refractivity contribution in [3.05, 3.63) is 0 Å². The predicted octanol–water partition coefficient (Wildman–Crippen LogP) is 0.972. The van der Waals surface area contributed by atoms with Crippen LogP contribution < -0.4 is 0 Å². The lowest BCUT2D eigenvalue weighted by atomic mass is 10.1. The Balaban J connectivity index is 3.34. The quantitative estimate of drug-likeness (QED) is 0.641. The molecule has 0 aromatic rings. The summed E-state index contributed by atoms with van der Waals surface area (Å²) in [4.78, 5) is 0. The predicted molar refractivity (Wildman–Crippen MR) is 49.9 cm³/mol. The molecule has 0 spiro atoms. The average Bonchev–Trinajstić information content (AvgIpc) is 1.96. The molecule has 1 atom stereocenters. The Morgan fingerprint density at radius 3 is 2.33 bits per heavy atom. The molecule has 0 fully saturated rings. The van der Waals surface area contributed by atoms with Gasteiger partial charge in [-0.2, -0.15) is 0 Å². The van der Waals surface area contributed by atoms with E-state index in [2.05, 4.69) is 0 Å². The minimum atomic E-state index is -2.81. The SMILES string of the molecule is CCC(O)CCCCS(C)(=O)=O. The molecule has 12 heavy (non-hydrogen) atoms. The maximum Gasteiger partial charge on any atom is 0.147 e. The Hall–Kier alpha value is -0.0900. The highest BCUT2D eigenvalue weighted by atomic mass is 32.2. The van der Waals surface area contributed by atoms with E-state index in [1.54, 1.807) is 0 Å². The molecule has 0 aromatic carbocycles. The molecular weight excluding hydrogens is 176 g/mol. The molecule has 0 aliphatic carbocycles. The van der Waals surface area contributed by atoms with Crippen LogP contribution in [0.25, 0.3) is 0 Å². The lowest BCUT2D eigenvalue weighted by Crippen LogP contribution is -2.07. The van der Waals surface area contributed by atoms with Crippen molar-refractivity contribution >= 4 is 9.84 Å². The van der Waals surface area contributed by atoms with E-state index in [0.717, 1.165) is 12.8 Å². The molecule has 74 valence electrons. The maximum atomic E-state index is 10.7. The number of unbranched alkanes of at least 4 members (excludes halogenated alkanes) is 1. The first-order valence-corrected chi connectivity index (χ1v) is 6.37. The molecule has 0 aromatic heterocycles. The molecule has 0 amide bonds. The standard InChI is InChI=1S/C8H18O3S/c1-3-8(9)6-4-5-7-12(2,10)11/h8-9H,3-7H2,1-2H3. The van der Waals surface area contributed by atoms with Gasteiger partial charge in [-0.05, 0) is 25.7 Å². The Morgan fingerprint density at radius 1 is 1.33 bits per heavy atom. The van der Waals surface area contributed by atoms with Crippen molar-refractivity contribution in [3.8, 4) is 0 Å². The van der Waals surface area contributed by atoms with Crippen molar-refractivity contribution in [1.82, 2.24) is 0 Å². The molecule has 1 N–H and O–H groups in total. The highest BCUT2D eigenvalue weighted by Gasteiger charge is 2.03. The smallest absolute Gasteiger partial charge is 0.147 e. The fraction of sp³-hybridized carbons (Fsp3) is 1.00. The Labute approximate surface area is 74.7 Å². The fourth-order valence-corrected chi connectivity index (χ4v) is 1.68. The molecule has 3 nitrogen and oxygen atoms in total. The van der Waals surface area contributed by atoms with Gasteiger partial charge < -0.3 is 5.11 Å². The summed E-state index contributed by atoms with van der Waals surface area (Å²) in [6.07, 6.45) is 3.90. The highest BCUT2D eigenvalue weighted by molar-refractivity contribution is 7.90. The third kappa shape index (κ3) is 8.01. The first kappa shape index (κ1) is 11.9. The molecule has 0 heterocycles. The number of sulfone groups is 1. The van der Waals surface area contributed by atoms with E-state index in [4.69, 9.17) is 5.11 Å². The van der Waals surface area contributed by atoms with Gasteiger partial charge in [0.15, 0.2) is 0 Å². The van der Waals surface area contributed by atoms with Gasteiger partial charge >= 0.3 is 0 Å². The van der Waals surface area contributed by atoms with Gasteiger partial charge in [-0.25, -0.2) is 8.42 Å². The molecule has 0 bridgehead atoms. The number of aliphatic hydroxyl groups is 1. The molecule has 0 aliphatic heterocycles. The van der Waals surface area contributed by atoms with Crippen LogP contribution in [-0.2, 0) is 9.84 Å². The zero-order valence-electron chi connectivity index (χ0n) is 7.78. The van der Waals surface area contributed by atoms with E-state index >= 15 is 0 Å². The molecule has 0 aliphatic rings. The van der Waals surface area contributed by atoms with Crippen LogP contribution in [0.4, 0.5) is 0 Å². The van der Waals surface area contributed by atoms with Crippen LogP contribution in [0.5, 0.6) is 0 Å². The number of hydrogen-bond donors (Lipinski definition) is 1. The van der Waals surface area contributed by atoms with Gasteiger partial charge in [-0.1, -0.05) is 6.92 Å². The van der Waals surface area contributed by atoms with Crippen LogP contribution in [0.3, 0.4) is 0 Å². The van der Waals surface area contributed by atoms with Gasteiger partial charge in [-0.3, -0.25) is 0 Å². The van der Waals surface area contributed by atoms with E-state index < -0.39 is 9.84 Å². The summed E-state index contributed by atoms with van der Waals surface area (Å²) in [6, 6.07) is 0. The number of hydrogen-bond acceptors (Lipinski definition) is 3. The molecule has 0 rings (SSSR count). The summed E-state index contributed by atoms with van der Waals surface area (Å²) < 4.78 is 21.4. The van der Waals surface area contributed by atoms with Crippen molar-refractivity contribution in [3.63, 3.8) is 0 Å². The zero-order valence-corrected chi connectivity index (χ0v) is 8.60. The largest absolute Gasteiger partial charge is 0.393 e. The molecule has 0 saturated heterocycles. The second-order valence-corrected chi connectivity index (χ2v) is 5.45. The van der Waals surface area contributed by atoms with E-state index in [-0.39, 0.29) is 11.9 Å². The van der Waals surface area contributed by atoms with E-state index in [1.807, 2.05) is 6.92 Å². The minimum Gasteiger partial charge on any atom is -0.393 e. The third-order valence-corrected chi connectivity index (χ3v) is 2.80. The van der Waals surface area contributed by atoms with Crippen molar-refractivity contribution in [2.75, 3.05) is 12.0 Å². The summed E-state index contributed by atoms with van der Waals surface area (Å²) in [7, 11) is -2.81. The second-order valence-electron chi connectivity index (χ2n) is 3.19. The first-order chi connectivity index (χ1) is 5.45. The Kier molecular flexibility index (Phi) is 5.50. The van der Waals surface area contributed by atoms with Gasteiger partial charge in [-0.15, -0.1) is 0 Å². The lowest BCUT2D eigenvalue weighted by molar-refractivity contribution is 0.157. The number of rotatable bonds is 6. The third-order valence-electron chi connectivity index (χ3n) is 1.77. The normalized spacial score (nSPS) is 14.6. The maximum absolute atomic E-state index is 10.7. The van der Waals surface area contributed by atoms with Gasteiger partial charge in [0.25, 0.3) is 0 Å².